The van der Waals surface area contributed by atoms with Crippen LogP contribution < -0.4 is 5.32 Å². The summed E-state index contributed by atoms with van der Waals surface area (Å²) in [5.74, 6) is -2.16. The van der Waals surface area contributed by atoms with Gasteiger partial charge >= 0.3 is 12.1 Å². The van der Waals surface area contributed by atoms with Gasteiger partial charge in [-0.3, -0.25) is 4.79 Å². The normalized spacial score (nSPS) is 16.0. The van der Waals surface area contributed by atoms with Gasteiger partial charge in [-0.2, -0.15) is 13.2 Å². The van der Waals surface area contributed by atoms with Gasteiger partial charge in [0.25, 0.3) is 0 Å². The number of carbonyl (C=O) groups excluding carboxylic acids is 1. The number of hydrogen-bond acceptors (Lipinski definition) is 6. The highest BCUT2D eigenvalue weighted by atomic mass is 32.2. The third-order valence-electron chi connectivity index (χ3n) is 6.19. The maximum Gasteiger partial charge on any atom is 0.471 e. The average molecular weight is 553 g/mol. The van der Waals surface area contributed by atoms with E-state index in [1.54, 1.807) is 6.07 Å². The summed E-state index contributed by atoms with van der Waals surface area (Å²) in [6.07, 6.45) is -3.33. The fourth-order valence-corrected chi connectivity index (χ4v) is 7.55. The Kier molecular flexibility index (Phi) is 6.93. The van der Waals surface area contributed by atoms with E-state index in [2.05, 4.69) is 4.98 Å². The second-order valence-corrected chi connectivity index (χ2v) is 12.7. The highest BCUT2D eigenvalue weighted by Gasteiger charge is 2.41. The Bertz CT molecular complexity index is 1570. The number of aryl methyl sites for hydroxylation is 1. The maximum atomic E-state index is 13.7. The summed E-state index contributed by atoms with van der Waals surface area (Å²) in [7, 11) is -8.67. The standard InChI is InChI=1S/C25H23F3N2O5S2/c1-15(2)16-7-11-21(22(14-16)37(34,35)23-5-3-4-12-29-23)36(32,33)18-8-9-19-17(13-18)6-10-20(19)30-24(31)25(26,27)28/h3-5,7-9,11-15,20H,6,10H2,1-2H3,(H,30,31). The van der Waals surface area contributed by atoms with Gasteiger partial charge in [-0.1, -0.05) is 32.0 Å². The van der Waals surface area contributed by atoms with Gasteiger partial charge in [0.05, 0.1) is 20.7 Å². The molecule has 12 heteroatoms. The second kappa shape index (κ2) is 9.56. The van der Waals surface area contributed by atoms with Crippen molar-refractivity contribution in [3.8, 4) is 0 Å². The summed E-state index contributed by atoms with van der Waals surface area (Å²) >= 11 is 0. The molecule has 196 valence electrons. The Hall–Kier alpha value is -3.25. The lowest BCUT2D eigenvalue weighted by molar-refractivity contribution is -0.174. The molecule has 1 aliphatic rings. The van der Waals surface area contributed by atoms with Crippen molar-refractivity contribution in [3.63, 3.8) is 0 Å². The first-order valence-corrected chi connectivity index (χ1v) is 14.2. The molecule has 1 aliphatic carbocycles. The van der Waals surface area contributed by atoms with Crippen molar-refractivity contribution in [2.75, 3.05) is 0 Å². The van der Waals surface area contributed by atoms with E-state index in [9.17, 15) is 34.8 Å². The van der Waals surface area contributed by atoms with Crippen LogP contribution in [0.25, 0.3) is 0 Å². The van der Waals surface area contributed by atoms with E-state index in [1.807, 2.05) is 19.2 Å². The predicted molar refractivity (Wildman–Crippen MR) is 127 cm³/mol. The Morgan fingerprint density at radius 3 is 2.32 bits per heavy atom. The van der Waals surface area contributed by atoms with Gasteiger partial charge in [0.2, 0.25) is 19.7 Å². The zero-order valence-corrected chi connectivity index (χ0v) is 21.4. The number of sulfone groups is 2. The molecule has 1 heterocycles. The molecule has 0 bridgehead atoms. The van der Waals surface area contributed by atoms with E-state index in [0.29, 0.717) is 16.7 Å². The van der Waals surface area contributed by atoms with Crippen LogP contribution in [0.2, 0.25) is 0 Å². The fraction of sp³-hybridized carbons (Fsp3) is 0.280. The van der Waals surface area contributed by atoms with Gasteiger partial charge in [-0.25, -0.2) is 21.8 Å². The van der Waals surface area contributed by atoms with Crippen LogP contribution in [0.3, 0.4) is 0 Å². The monoisotopic (exact) mass is 552 g/mol. The number of nitrogens with zero attached hydrogens (tertiary/aromatic N) is 1. The highest BCUT2D eigenvalue weighted by molar-refractivity contribution is 7.94. The molecular weight excluding hydrogens is 529 g/mol. The molecule has 0 radical (unpaired) electrons. The molecule has 37 heavy (non-hydrogen) atoms. The second-order valence-electron chi connectivity index (χ2n) is 8.96. The van der Waals surface area contributed by atoms with E-state index in [1.165, 1.54) is 54.7 Å². The first-order valence-electron chi connectivity index (χ1n) is 11.3. The number of aromatic nitrogens is 1. The molecule has 0 fully saturated rings. The van der Waals surface area contributed by atoms with Crippen molar-refractivity contribution >= 4 is 25.6 Å². The minimum absolute atomic E-state index is 0.0849. The Morgan fingerprint density at radius 1 is 0.973 bits per heavy atom. The molecular formula is C25H23F3N2O5S2. The van der Waals surface area contributed by atoms with Crippen LogP contribution in [-0.2, 0) is 30.9 Å². The maximum absolute atomic E-state index is 13.7. The van der Waals surface area contributed by atoms with Crippen LogP contribution in [-0.4, -0.2) is 33.9 Å². The average Bonchev–Trinajstić information content (AvgIpc) is 3.25. The number of nitrogens with one attached hydrogen (secondary N) is 1. The largest absolute Gasteiger partial charge is 0.471 e. The van der Waals surface area contributed by atoms with Crippen LogP contribution in [0, 0.1) is 0 Å². The number of pyridine rings is 1. The van der Waals surface area contributed by atoms with E-state index < -0.39 is 47.6 Å². The van der Waals surface area contributed by atoms with Crippen LogP contribution in [0.5, 0.6) is 0 Å². The SMILES string of the molecule is CC(C)c1ccc(S(=O)(=O)c2ccc3c(c2)CCC3NC(=O)C(F)(F)F)c(S(=O)(=O)c2ccccn2)c1. The highest BCUT2D eigenvalue weighted by Crippen LogP contribution is 2.37. The number of fused-ring (bicyclic) bond motifs is 1. The van der Waals surface area contributed by atoms with Crippen LogP contribution in [0.1, 0.15) is 48.9 Å². The third kappa shape index (κ3) is 5.12. The number of amides is 1. The smallest absolute Gasteiger partial charge is 0.341 e. The predicted octanol–water partition coefficient (Wildman–Crippen LogP) is 4.54. The molecule has 1 atom stereocenters. The molecule has 1 N–H and O–H groups in total. The van der Waals surface area contributed by atoms with Gasteiger partial charge < -0.3 is 5.32 Å². The molecule has 2 aromatic carbocycles. The van der Waals surface area contributed by atoms with Gasteiger partial charge in [-0.05, 0) is 71.8 Å². The third-order valence-corrected chi connectivity index (χ3v) is 9.84. The lowest BCUT2D eigenvalue weighted by Crippen LogP contribution is -2.38. The number of alkyl halides is 3. The minimum atomic E-state index is -5.04. The van der Waals surface area contributed by atoms with Crippen LogP contribution >= 0.6 is 0 Å². The summed E-state index contributed by atoms with van der Waals surface area (Å²) in [5, 5.41) is 1.63. The Morgan fingerprint density at radius 2 is 1.70 bits per heavy atom. The Balaban J connectivity index is 1.79. The van der Waals surface area contributed by atoms with Crippen LogP contribution in [0.4, 0.5) is 13.2 Å². The molecule has 0 aliphatic heterocycles. The summed E-state index contributed by atoms with van der Waals surface area (Å²) in [6, 6.07) is 11.4. The van der Waals surface area contributed by atoms with Crippen molar-refractivity contribution in [3.05, 3.63) is 77.5 Å². The lowest BCUT2D eigenvalue weighted by Gasteiger charge is -2.17. The van der Waals surface area contributed by atoms with Crippen molar-refractivity contribution in [1.82, 2.24) is 10.3 Å². The first-order chi connectivity index (χ1) is 17.2. The summed E-state index contributed by atoms with van der Waals surface area (Å²) in [4.78, 5) is 14.2. The van der Waals surface area contributed by atoms with Crippen LogP contribution in [0.15, 0.2) is 80.5 Å². The van der Waals surface area contributed by atoms with E-state index in [4.69, 9.17) is 0 Å². The topological polar surface area (TPSA) is 110 Å². The van der Waals surface area contributed by atoms with Gasteiger partial charge in [0.1, 0.15) is 0 Å². The van der Waals surface area contributed by atoms with Gasteiger partial charge in [-0.15, -0.1) is 0 Å². The Labute approximate surface area is 212 Å². The van der Waals surface area contributed by atoms with Crippen molar-refractivity contribution < 1.29 is 34.8 Å². The lowest BCUT2D eigenvalue weighted by atomic mass is 10.0. The van der Waals surface area contributed by atoms with Gasteiger partial charge in [0.15, 0.2) is 5.03 Å². The first kappa shape index (κ1) is 26.8. The summed E-state index contributed by atoms with van der Waals surface area (Å²) in [5.41, 5.74) is 1.46. The molecule has 0 saturated heterocycles. The number of carbonyl (C=O) groups is 1. The summed E-state index contributed by atoms with van der Waals surface area (Å²) < 4.78 is 92.4. The van der Waals surface area contributed by atoms with Gasteiger partial charge in [0, 0.05) is 6.20 Å². The summed E-state index contributed by atoms with van der Waals surface area (Å²) in [6.45, 7) is 3.68. The number of rotatable bonds is 6. The fourth-order valence-electron chi connectivity index (χ4n) is 4.21. The van der Waals surface area contributed by atoms with E-state index >= 15 is 0 Å². The molecule has 3 aromatic rings. The van der Waals surface area contributed by atoms with E-state index in [-0.39, 0.29) is 28.7 Å². The molecule has 1 aromatic heterocycles. The molecule has 4 rings (SSSR count). The zero-order chi connectivity index (χ0) is 27.2. The quantitative estimate of drug-likeness (QED) is 0.481. The molecule has 0 spiro atoms. The molecule has 1 unspecified atom stereocenters. The molecule has 1 amide bonds. The zero-order valence-electron chi connectivity index (χ0n) is 19.8. The minimum Gasteiger partial charge on any atom is -0.341 e. The molecule has 0 saturated carbocycles. The van der Waals surface area contributed by atoms with Crippen molar-refractivity contribution in [1.29, 1.82) is 0 Å². The van der Waals surface area contributed by atoms with Crippen molar-refractivity contribution in [2.24, 2.45) is 0 Å². The number of benzene rings is 2. The number of hydrogen-bond donors (Lipinski definition) is 1. The molecule has 7 nitrogen and oxygen atoms in total. The van der Waals surface area contributed by atoms with Crippen molar-refractivity contribution in [2.45, 2.75) is 64.5 Å². The van der Waals surface area contributed by atoms with E-state index in [0.717, 1.165) is 0 Å². The number of halogens is 3.